The Morgan fingerprint density at radius 1 is 1.73 bits per heavy atom. The molecule has 0 aromatic heterocycles. The lowest BCUT2D eigenvalue weighted by Crippen LogP contribution is -2.35. The predicted octanol–water partition coefficient (Wildman–Crippen LogP) is 0.568. The Kier molecular flexibility index (Phi) is 4.68. The zero-order chi connectivity index (χ0) is 8.69. The van der Waals surface area contributed by atoms with Crippen LogP contribution in [0.3, 0.4) is 0 Å². The predicted molar refractivity (Wildman–Crippen MR) is 41.1 cm³/mol. The maximum absolute atomic E-state index is 10.8. The molecule has 0 heterocycles. The first kappa shape index (κ1) is 9.58. The van der Waals surface area contributed by atoms with Crippen molar-refractivity contribution in [3.8, 4) is 0 Å². The maximum atomic E-state index is 10.8. The van der Waals surface area contributed by atoms with E-state index in [0.717, 1.165) is 0 Å². The lowest BCUT2D eigenvalue weighted by molar-refractivity contribution is 0.218. The van der Waals surface area contributed by atoms with E-state index in [-0.39, 0.29) is 12.6 Å². The van der Waals surface area contributed by atoms with Gasteiger partial charge in [0.25, 0.3) is 0 Å². The molecule has 0 aromatic rings. The molecule has 0 aliphatic carbocycles. The van der Waals surface area contributed by atoms with E-state index in [0.29, 0.717) is 6.54 Å². The first-order valence-electron chi connectivity index (χ1n) is 3.14. The van der Waals surface area contributed by atoms with Crippen LogP contribution in [0.5, 0.6) is 0 Å². The normalized spacial score (nSPS) is 8.18. The van der Waals surface area contributed by atoms with Gasteiger partial charge in [-0.3, -0.25) is 0 Å². The number of rotatable bonds is 3. The van der Waals surface area contributed by atoms with Gasteiger partial charge in [-0.25, -0.2) is 4.79 Å². The number of urea groups is 1. The van der Waals surface area contributed by atoms with Gasteiger partial charge in [0.2, 0.25) is 0 Å². The second-order valence-electron chi connectivity index (χ2n) is 2.08. The van der Waals surface area contributed by atoms with Crippen LogP contribution in [-0.4, -0.2) is 38.1 Å². The molecule has 0 aromatic carbocycles. The number of nitrogens with one attached hydrogen (secondary N) is 1. The molecule has 0 saturated heterocycles. The van der Waals surface area contributed by atoms with Gasteiger partial charge in [-0.05, 0) is 5.53 Å². The molecule has 0 radical (unpaired) electrons. The topological polar surface area (TPSA) is 81.1 Å². The highest BCUT2D eigenvalue weighted by atomic mass is 16.2. The first-order valence-corrected chi connectivity index (χ1v) is 3.14. The molecule has 0 aliphatic rings. The fraction of sp³-hybridized carbons (Fsp3) is 0.800. The van der Waals surface area contributed by atoms with Crippen LogP contribution in [0.2, 0.25) is 0 Å². The third-order valence-electron chi connectivity index (χ3n) is 0.957. The summed E-state index contributed by atoms with van der Waals surface area (Å²) in [6, 6.07) is -0.182. The highest BCUT2D eigenvalue weighted by Crippen LogP contribution is 1.76. The van der Waals surface area contributed by atoms with Gasteiger partial charge in [-0.1, -0.05) is 5.11 Å². The van der Waals surface area contributed by atoms with Crippen LogP contribution in [-0.2, 0) is 0 Å². The molecule has 6 heteroatoms. The monoisotopic (exact) mass is 157 g/mol. The first-order chi connectivity index (χ1) is 5.18. The molecule has 0 bridgehead atoms. The van der Waals surface area contributed by atoms with Crippen LogP contribution in [0, 0.1) is 0 Å². The Hall–Kier alpha value is -1.42. The summed E-state index contributed by atoms with van der Waals surface area (Å²) >= 11 is 0. The van der Waals surface area contributed by atoms with E-state index >= 15 is 0 Å². The Morgan fingerprint density at radius 2 is 2.36 bits per heavy atom. The highest BCUT2D eigenvalue weighted by Gasteiger charge is 1.98. The lowest BCUT2D eigenvalue weighted by atomic mass is 10.6. The SMILES string of the molecule is CN(C)C(=O)NCCN=[N+]=[N-]. The van der Waals surface area contributed by atoms with E-state index in [9.17, 15) is 4.79 Å². The van der Waals surface area contributed by atoms with Crippen molar-refractivity contribution in [1.82, 2.24) is 10.2 Å². The minimum absolute atomic E-state index is 0.182. The Bertz CT molecular complexity index is 172. The summed E-state index contributed by atoms with van der Waals surface area (Å²) < 4.78 is 0. The van der Waals surface area contributed by atoms with Gasteiger partial charge in [0, 0.05) is 32.1 Å². The van der Waals surface area contributed by atoms with Crippen molar-refractivity contribution in [2.45, 2.75) is 0 Å². The average molecular weight is 157 g/mol. The second-order valence-corrected chi connectivity index (χ2v) is 2.08. The molecule has 0 unspecified atom stereocenters. The van der Waals surface area contributed by atoms with Crippen LogP contribution in [0.25, 0.3) is 10.4 Å². The largest absolute Gasteiger partial charge is 0.338 e. The number of hydrogen-bond acceptors (Lipinski definition) is 2. The van der Waals surface area contributed by atoms with E-state index in [2.05, 4.69) is 15.3 Å². The molecule has 11 heavy (non-hydrogen) atoms. The van der Waals surface area contributed by atoms with E-state index in [1.165, 1.54) is 4.90 Å². The number of carbonyl (C=O) groups excluding carboxylic acids is 1. The van der Waals surface area contributed by atoms with Crippen molar-refractivity contribution in [2.75, 3.05) is 27.2 Å². The average Bonchev–Trinajstić information content (AvgIpc) is 1.97. The number of azide groups is 1. The molecule has 0 aliphatic heterocycles. The molecule has 2 amide bonds. The molecule has 0 saturated carbocycles. The summed E-state index contributed by atoms with van der Waals surface area (Å²) in [7, 11) is 3.28. The lowest BCUT2D eigenvalue weighted by Gasteiger charge is -2.10. The third-order valence-corrected chi connectivity index (χ3v) is 0.957. The zero-order valence-corrected chi connectivity index (χ0v) is 6.61. The van der Waals surface area contributed by atoms with E-state index in [1.807, 2.05) is 0 Å². The molecule has 6 nitrogen and oxygen atoms in total. The molecule has 62 valence electrons. The Labute approximate surface area is 64.8 Å². The van der Waals surface area contributed by atoms with Crippen molar-refractivity contribution in [2.24, 2.45) is 5.11 Å². The summed E-state index contributed by atoms with van der Waals surface area (Å²) in [6.45, 7) is 0.664. The Balaban J connectivity index is 3.39. The number of hydrogen-bond donors (Lipinski definition) is 1. The summed E-state index contributed by atoms with van der Waals surface area (Å²) in [4.78, 5) is 14.7. The smallest absolute Gasteiger partial charge is 0.316 e. The van der Waals surface area contributed by atoms with Crippen molar-refractivity contribution in [3.63, 3.8) is 0 Å². The van der Waals surface area contributed by atoms with Crippen LogP contribution >= 0.6 is 0 Å². The Morgan fingerprint density at radius 3 is 2.82 bits per heavy atom. The molecule has 1 N–H and O–H groups in total. The zero-order valence-electron chi connectivity index (χ0n) is 6.61. The number of carbonyl (C=O) groups is 1. The van der Waals surface area contributed by atoms with Crippen LogP contribution < -0.4 is 5.32 Å². The summed E-state index contributed by atoms with van der Waals surface area (Å²) in [5.74, 6) is 0. The fourth-order valence-corrected chi connectivity index (χ4v) is 0.416. The van der Waals surface area contributed by atoms with Gasteiger partial charge in [-0.15, -0.1) is 0 Å². The van der Waals surface area contributed by atoms with E-state index in [4.69, 9.17) is 5.53 Å². The van der Waals surface area contributed by atoms with E-state index in [1.54, 1.807) is 14.1 Å². The quantitative estimate of drug-likeness (QED) is 0.276. The maximum Gasteiger partial charge on any atom is 0.316 e. The summed E-state index contributed by atoms with van der Waals surface area (Å²) in [5, 5.41) is 5.79. The van der Waals surface area contributed by atoms with Gasteiger partial charge in [0.1, 0.15) is 0 Å². The molecular formula is C5H11N5O. The minimum atomic E-state index is -0.182. The number of nitrogens with zero attached hydrogens (tertiary/aromatic N) is 4. The highest BCUT2D eigenvalue weighted by molar-refractivity contribution is 5.73. The van der Waals surface area contributed by atoms with Crippen molar-refractivity contribution in [1.29, 1.82) is 0 Å². The molecular weight excluding hydrogens is 146 g/mol. The fourth-order valence-electron chi connectivity index (χ4n) is 0.416. The van der Waals surface area contributed by atoms with Gasteiger partial charge < -0.3 is 10.2 Å². The summed E-state index contributed by atoms with van der Waals surface area (Å²) in [6.07, 6.45) is 0. The van der Waals surface area contributed by atoms with Crippen LogP contribution in [0.15, 0.2) is 5.11 Å². The van der Waals surface area contributed by atoms with Gasteiger partial charge >= 0.3 is 6.03 Å². The van der Waals surface area contributed by atoms with Crippen LogP contribution in [0.1, 0.15) is 0 Å². The molecule has 0 spiro atoms. The van der Waals surface area contributed by atoms with Crippen molar-refractivity contribution >= 4 is 6.03 Å². The summed E-state index contributed by atoms with van der Waals surface area (Å²) in [5.41, 5.74) is 7.88. The number of amides is 2. The standard InChI is InChI=1S/C5H11N5O/c1-10(2)5(11)7-3-4-8-9-6/h3-4H2,1-2H3,(H,7,11). The second kappa shape index (κ2) is 5.37. The molecule has 0 atom stereocenters. The minimum Gasteiger partial charge on any atom is -0.338 e. The van der Waals surface area contributed by atoms with Crippen LogP contribution in [0.4, 0.5) is 4.79 Å². The van der Waals surface area contributed by atoms with E-state index < -0.39 is 0 Å². The molecule has 0 rings (SSSR count). The third kappa shape index (κ3) is 5.05. The van der Waals surface area contributed by atoms with Crippen molar-refractivity contribution in [3.05, 3.63) is 10.4 Å². The molecule has 0 fully saturated rings. The van der Waals surface area contributed by atoms with Gasteiger partial charge in [0.05, 0.1) is 0 Å². The van der Waals surface area contributed by atoms with Gasteiger partial charge in [-0.2, -0.15) is 0 Å². The van der Waals surface area contributed by atoms with Crippen molar-refractivity contribution < 1.29 is 4.79 Å². The van der Waals surface area contributed by atoms with Gasteiger partial charge in [0.15, 0.2) is 0 Å².